The fourth-order valence-corrected chi connectivity index (χ4v) is 4.37. The van der Waals surface area contributed by atoms with Crippen LogP contribution in [0.2, 0.25) is 0 Å². The summed E-state index contributed by atoms with van der Waals surface area (Å²) in [7, 11) is -3.97. The quantitative estimate of drug-likeness (QED) is 0.242. The van der Waals surface area contributed by atoms with Crippen molar-refractivity contribution in [1.82, 2.24) is 9.97 Å². The van der Waals surface area contributed by atoms with Gasteiger partial charge in [0.05, 0.1) is 5.52 Å². The average Bonchev–Trinajstić information content (AvgIpc) is 2.79. The number of aromatic nitrogens is 2. The summed E-state index contributed by atoms with van der Waals surface area (Å²) in [5.41, 5.74) is 7.73. The zero-order valence-electron chi connectivity index (χ0n) is 17.3. The molecule has 9 heteroatoms. The van der Waals surface area contributed by atoms with Gasteiger partial charge in [0.1, 0.15) is 27.4 Å². The highest BCUT2D eigenvalue weighted by Gasteiger charge is 2.18. The molecule has 3 aromatic carbocycles. The number of nitrogens with two attached hydrogens (primary N) is 1. The predicted octanol–water partition coefficient (Wildman–Crippen LogP) is 4.06. The van der Waals surface area contributed by atoms with Gasteiger partial charge in [0.15, 0.2) is 5.82 Å². The van der Waals surface area contributed by atoms with Crippen molar-refractivity contribution in [2.75, 3.05) is 5.73 Å². The second-order valence-corrected chi connectivity index (χ2v) is 8.96. The molecule has 2 N–H and O–H groups in total. The first-order valence-corrected chi connectivity index (χ1v) is 11.3. The Labute approximate surface area is 188 Å². The second kappa shape index (κ2) is 7.72. The van der Waals surface area contributed by atoms with E-state index in [1.807, 2.05) is 6.92 Å². The summed E-state index contributed by atoms with van der Waals surface area (Å²) in [6.45, 7) is 1.87. The Hall–Kier alpha value is -4.24. The summed E-state index contributed by atoms with van der Waals surface area (Å²) in [6.07, 6.45) is 0. The third-order valence-electron chi connectivity index (χ3n) is 5.11. The topological polar surface area (TPSA) is 125 Å². The average molecular weight is 459 g/mol. The predicted molar refractivity (Wildman–Crippen MR) is 124 cm³/mol. The minimum atomic E-state index is -3.97. The number of anilines is 1. The first-order valence-electron chi connectivity index (χ1n) is 9.92. The number of hydrogen-bond donors (Lipinski definition) is 1. The molecule has 0 atom stereocenters. The molecule has 5 rings (SSSR count). The number of nitrogen functional groups attached to an aromatic ring is 1. The number of nitrogens with zero attached hydrogens (tertiary/aromatic N) is 2. The highest BCUT2D eigenvalue weighted by molar-refractivity contribution is 7.87. The van der Waals surface area contributed by atoms with E-state index in [1.165, 1.54) is 24.3 Å². The molecule has 0 unspecified atom stereocenters. The van der Waals surface area contributed by atoms with E-state index in [1.54, 1.807) is 48.5 Å². The standard InChI is InChI=1S/C24H17N3O5S/c1-14-6-12-17(13-7-14)33(29,30)32-16-10-8-15(9-11-16)23-26-21-18-4-2-3-5-19(18)31-24(28)20(21)22(25)27-23/h2-13H,1H3,(H2,25,26,27). The number of fused-ring (bicyclic) bond motifs is 3. The number of aryl methyl sites for hydroxylation is 1. The lowest BCUT2D eigenvalue weighted by molar-refractivity contribution is 0.486. The van der Waals surface area contributed by atoms with Crippen molar-refractivity contribution in [2.45, 2.75) is 11.8 Å². The van der Waals surface area contributed by atoms with Crippen LogP contribution in [0.1, 0.15) is 5.56 Å². The lowest BCUT2D eigenvalue weighted by Crippen LogP contribution is -2.09. The molecule has 0 saturated carbocycles. The van der Waals surface area contributed by atoms with Crippen molar-refractivity contribution >= 4 is 37.8 Å². The second-order valence-electron chi connectivity index (χ2n) is 7.42. The lowest BCUT2D eigenvalue weighted by atomic mass is 10.1. The van der Waals surface area contributed by atoms with Gasteiger partial charge in [0, 0.05) is 10.9 Å². The van der Waals surface area contributed by atoms with Crippen molar-refractivity contribution in [3.63, 3.8) is 0 Å². The van der Waals surface area contributed by atoms with Gasteiger partial charge in [-0.25, -0.2) is 14.8 Å². The van der Waals surface area contributed by atoms with E-state index in [-0.39, 0.29) is 27.7 Å². The molecule has 0 amide bonds. The first kappa shape index (κ1) is 20.7. The van der Waals surface area contributed by atoms with Crippen LogP contribution in [0.4, 0.5) is 5.82 Å². The third-order valence-corrected chi connectivity index (χ3v) is 6.38. The molecule has 0 fully saturated rings. The third kappa shape index (κ3) is 3.79. The van der Waals surface area contributed by atoms with Crippen molar-refractivity contribution in [1.29, 1.82) is 0 Å². The zero-order valence-corrected chi connectivity index (χ0v) is 18.2. The summed E-state index contributed by atoms with van der Waals surface area (Å²) in [4.78, 5) is 21.2. The smallest absolute Gasteiger partial charge is 0.349 e. The number of para-hydroxylation sites is 1. The Morgan fingerprint density at radius 1 is 0.909 bits per heavy atom. The maximum absolute atomic E-state index is 12.5. The molecular weight excluding hydrogens is 442 g/mol. The minimum Gasteiger partial charge on any atom is -0.422 e. The van der Waals surface area contributed by atoms with Crippen molar-refractivity contribution in [2.24, 2.45) is 0 Å². The van der Waals surface area contributed by atoms with Gasteiger partial charge in [-0.15, -0.1) is 0 Å². The molecule has 0 spiro atoms. The van der Waals surface area contributed by atoms with Crippen LogP contribution in [-0.4, -0.2) is 18.4 Å². The number of benzene rings is 3. The maximum atomic E-state index is 12.5. The van der Waals surface area contributed by atoms with Gasteiger partial charge in [-0.05, 0) is 55.5 Å². The van der Waals surface area contributed by atoms with E-state index in [4.69, 9.17) is 14.3 Å². The van der Waals surface area contributed by atoms with Crippen LogP contribution in [0, 0.1) is 6.92 Å². The van der Waals surface area contributed by atoms with Crippen LogP contribution in [0.15, 0.2) is 86.9 Å². The molecule has 0 saturated heterocycles. The Balaban J connectivity index is 1.53. The fraction of sp³-hybridized carbons (Fsp3) is 0.0417. The lowest BCUT2D eigenvalue weighted by Gasteiger charge is -2.09. The Morgan fingerprint density at radius 2 is 1.61 bits per heavy atom. The Kier molecular flexibility index (Phi) is 4.83. The fourth-order valence-electron chi connectivity index (χ4n) is 3.44. The van der Waals surface area contributed by atoms with Crippen LogP contribution in [0.3, 0.4) is 0 Å². The van der Waals surface area contributed by atoms with Gasteiger partial charge in [0.25, 0.3) is 0 Å². The highest BCUT2D eigenvalue weighted by atomic mass is 32.2. The van der Waals surface area contributed by atoms with E-state index < -0.39 is 15.7 Å². The normalized spacial score (nSPS) is 11.7. The Morgan fingerprint density at radius 3 is 2.33 bits per heavy atom. The Bertz CT molecular complexity index is 1680. The summed E-state index contributed by atoms with van der Waals surface area (Å²) < 4.78 is 35.6. The van der Waals surface area contributed by atoms with Crippen LogP contribution in [0.25, 0.3) is 33.3 Å². The first-order chi connectivity index (χ1) is 15.8. The monoisotopic (exact) mass is 459 g/mol. The van der Waals surface area contributed by atoms with Gasteiger partial charge >= 0.3 is 15.7 Å². The van der Waals surface area contributed by atoms with Gasteiger partial charge < -0.3 is 14.3 Å². The molecule has 5 aromatic rings. The molecule has 164 valence electrons. The molecule has 8 nitrogen and oxygen atoms in total. The van der Waals surface area contributed by atoms with Crippen molar-refractivity contribution in [3.8, 4) is 17.1 Å². The van der Waals surface area contributed by atoms with Crippen molar-refractivity contribution in [3.05, 3.63) is 88.8 Å². The van der Waals surface area contributed by atoms with E-state index in [2.05, 4.69) is 9.97 Å². The molecular formula is C24H17N3O5S. The molecule has 0 aliphatic rings. The summed E-state index contributed by atoms with van der Waals surface area (Å²) >= 11 is 0. The van der Waals surface area contributed by atoms with E-state index >= 15 is 0 Å². The van der Waals surface area contributed by atoms with E-state index in [9.17, 15) is 13.2 Å². The molecule has 0 aliphatic carbocycles. The van der Waals surface area contributed by atoms with E-state index in [0.717, 1.165) is 5.56 Å². The maximum Gasteiger partial charge on any atom is 0.349 e. The van der Waals surface area contributed by atoms with Gasteiger partial charge in [-0.3, -0.25) is 0 Å². The molecule has 0 bridgehead atoms. The van der Waals surface area contributed by atoms with E-state index in [0.29, 0.717) is 22.0 Å². The van der Waals surface area contributed by atoms with Gasteiger partial charge in [0.2, 0.25) is 0 Å². The summed E-state index contributed by atoms with van der Waals surface area (Å²) in [5.74, 6) is 0.416. The number of hydrogen-bond acceptors (Lipinski definition) is 8. The minimum absolute atomic E-state index is 0.00298. The van der Waals surface area contributed by atoms with Gasteiger partial charge in [-0.1, -0.05) is 29.8 Å². The van der Waals surface area contributed by atoms with Crippen LogP contribution in [-0.2, 0) is 10.1 Å². The zero-order chi connectivity index (χ0) is 23.2. The molecule has 2 heterocycles. The SMILES string of the molecule is Cc1ccc(S(=O)(=O)Oc2ccc(-c3nc(N)c4c(=O)oc5ccccc5c4n3)cc2)cc1. The largest absolute Gasteiger partial charge is 0.422 e. The molecule has 2 aromatic heterocycles. The highest BCUT2D eigenvalue weighted by Crippen LogP contribution is 2.28. The molecule has 0 aliphatic heterocycles. The van der Waals surface area contributed by atoms with Crippen LogP contribution < -0.4 is 15.5 Å². The summed E-state index contributed by atoms with van der Waals surface area (Å²) in [6, 6.07) is 19.6. The molecule has 33 heavy (non-hydrogen) atoms. The van der Waals surface area contributed by atoms with Crippen LogP contribution in [0.5, 0.6) is 5.75 Å². The van der Waals surface area contributed by atoms with Crippen LogP contribution >= 0.6 is 0 Å². The molecule has 0 radical (unpaired) electrons. The number of rotatable bonds is 4. The van der Waals surface area contributed by atoms with Crippen molar-refractivity contribution < 1.29 is 17.0 Å². The summed E-state index contributed by atoms with van der Waals surface area (Å²) in [5, 5.41) is 0.744. The van der Waals surface area contributed by atoms with Gasteiger partial charge in [-0.2, -0.15) is 8.42 Å².